The molecule has 0 unspecified atom stereocenters. The van der Waals surface area contributed by atoms with Gasteiger partial charge in [0, 0.05) is 14.1 Å². The lowest BCUT2D eigenvalue weighted by Gasteiger charge is -2.13. The summed E-state index contributed by atoms with van der Waals surface area (Å²) >= 11 is 0. The normalized spacial score (nSPS) is 11.4. The highest BCUT2D eigenvalue weighted by atomic mass is 15.5. The van der Waals surface area contributed by atoms with Crippen molar-refractivity contribution in [2.75, 3.05) is 30.5 Å². The number of hydrogen-bond acceptors (Lipinski definition) is 15. The Balaban J connectivity index is 1.26. The first-order chi connectivity index (χ1) is 25.7. The van der Waals surface area contributed by atoms with Gasteiger partial charge in [-0.1, -0.05) is 36.4 Å². The van der Waals surface area contributed by atoms with E-state index in [1.54, 1.807) is 32.8 Å². The number of nitrogen functional groups attached to an aromatic ring is 2. The lowest BCUT2D eigenvalue weighted by atomic mass is 10.3. The van der Waals surface area contributed by atoms with E-state index >= 15 is 0 Å². The van der Waals surface area contributed by atoms with Gasteiger partial charge in [-0.15, -0.1) is 20.5 Å². The lowest BCUT2D eigenvalue weighted by Crippen LogP contribution is -2.19. The van der Waals surface area contributed by atoms with Crippen LogP contribution < -0.4 is 16.4 Å². The first-order valence-corrected chi connectivity index (χ1v) is 15.7. The van der Waals surface area contributed by atoms with Crippen LogP contribution in [0.3, 0.4) is 0 Å². The van der Waals surface area contributed by atoms with Crippen LogP contribution in [0.5, 0.6) is 0 Å². The van der Waals surface area contributed by atoms with Crippen molar-refractivity contribution in [1.82, 2.24) is 54.1 Å². The van der Waals surface area contributed by atoms with Gasteiger partial charge in [-0.05, 0) is 38.1 Å². The van der Waals surface area contributed by atoms with Gasteiger partial charge in [-0.25, -0.2) is 14.2 Å². The maximum absolute atomic E-state index is 9.70. The van der Waals surface area contributed by atoms with E-state index in [0.717, 1.165) is 0 Å². The molecule has 0 fully saturated rings. The molecule has 0 atom stereocenters. The van der Waals surface area contributed by atoms with E-state index in [4.69, 9.17) is 18.0 Å². The molecule has 7 rings (SSSR count). The molecule has 5 heterocycles. The molecular formula is C33H28N20. The third kappa shape index (κ3) is 6.15. The summed E-state index contributed by atoms with van der Waals surface area (Å²) in [5, 5.41) is 44.9. The standard InChI is InChI=1S/C33H28N20/c1-19-25(43-45-29-21(16-34)17-38-50(29)22-12-8-6-9-13-22)27(35)52(47-19)32-40-31(49(4)5)41-33(42-32)53-28(36)26(20(2)48-53)44-46-30-24(37-3)18-39-51(30)23-14-10-7-11-15-23/h6-15,17-18H,35-36H2,1-2,4-5H3. The fourth-order valence-electron chi connectivity index (χ4n) is 5.09. The zero-order valence-electron chi connectivity index (χ0n) is 28.6. The molecule has 0 bridgehead atoms. The maximum atomic E-state index is 9.70. The number of hydrogen-bond donors (Lipinski definition) is 2. The van der Waals surface area contributed by atoms with E-state index in [0.29, 0.717) is 22.8 Å². The Hall–Kier alpha value is -8.13. The van der Waals surface area contributed by atoms with Crippen molar-refractivity contribution in [2.45, 2.75) is 13.8 Å². The number of nitrogens with zero attached hydrogens (tertiary/aromatic N) is 18. The highest BCUT2D eigenvalue weighted by molar-refractivity contribution is 5.67. The molecule has 0 radical (unpaired) electrons. The molecule has 20 heteroatoms. The lowest BCUT2D eigenvalue weighted by molar-refractivity contribution is 0.739. The Labute approximate surface area is 300 Å². The Morgan fingerprint density at radius 1 is 0.698 bits per heavy atom. The molecule has 260 valence electrons. The fraction of sp³-hybridized carbons (Fsp3) is 0.121. The van der Waals surface area contributed by atoms with Crippen LogP contribution in [0, 0.1) is 31.8 Å². The minimum atomic E-state index is 0.0389. The number of aryl methyl sites for hydroxylation is 2. The number of benzene rings is 2. The monoisotopic (exact) mass is 704 g/mol. The average molecular weight is 705 g/mol. The van der Waals surface area contributed by atoms with Gasteiger partial charge in [-0.3, -0.25) is 0 Å². The predicted octanol–water partition coefficient (Wildman–Crippen LogP) is 5.71. The third-order valence-electron chi connectivity index (χ3n) is 7.71. The molecular weight excluding hydrogens is 677 g/mol. The van der Waals surface area contributed by atoms with Crippen LogP contribution in [-0.2, 0) is 0 Å². The van der Waals surface area contributed by atoms with Crippen molar-refractivity contribution in [1.29, 1.82) is 5.26 Å². The van der Waals surface area contributed by atoms with Crippen molar-refractivity contribution in [2.24, 2.45) is 20.5 Å². The summed E-state index contributed by atoms with van der Waals surface area (Å²) in [6.07, 6.45) is 2.83. The Morgan fingerprint density at radius 2 is 1.19 bits per heavy atom. The van der Waals surface area contributed by atoms with Crippen LogP contribution in [0.25, 0.3) is 28.1 Å². The molecule has 53 heavy (non-hydrogen) atoms. The zero-order valence-corrected chi connectivity index (χ0v) is 28.6. The van der Waals surface area contributed by atoms with Crippen LogP contribution in [0.2, 0.25) is 0 Å². The van der Waals surface area contributed by atoms with Crippen molar-refractivity contribution in [3.05, 3.63) is 101 Å². The molecule has 4 N–H and O–H groups in total. The van der Waals surface area contributed by atoms with E-state index in [9.17, 15) is 5.26 Å². The smallest absolute Gasteiger partial charge is 0.259 e. The van der Waals surface area contributed by atoms with Crippen LogP contribution in [0.15, 0.2) is 93.5 Å². The van der Waals surface area contributed by atoms with Crippen molar-refractivity contribution in [3.63, 3.8) is 0 Å². The molecule has 0 spiro atoms. The van der Waals surface area contributed by atoms with E-state index in [1.165, 1.54) is 31.1 Å². The Morgan fingerprint density at radius 3 is 1.68 bits per heavy atom. The second-order valence-corrected chi connectivity index (χ2v) is 11.4. The third-order valence-corrected chi connectivity index (χ3v) is 7.71. The second kappa shape index (κ2) is 13.6. The van der Waals surface area contributed by atoms with Gasteiger partial charge in [0.15, 0.2) is 34.6 Å². The highest BCUT2D eigenvalue weighted by Gasteiger charge is 2.23. The SMILES string of the molecule is [C-]#[N+]c1cnn(-c2ccccc2)c1N=Nc1c(C)nn(-c2nc(N(C)C)nc(-n3nc(C)c(N=Nc4c(C#N)cnn4-c4ccccc4)c3N)n2)c1N. The molecule has 0 aliphatic carbocycles. The summed E-state index contributed by atoms with van der Waals surface area (Å²) in [7, 11) is 3.51. The summed E-state index contributed by atoms with van der Waals surface area (Å²) in [5.74, 6) is 0.911. The van der Waals surface area contributed by atoms with Crippen molar-refractivity contribution < 1.29 is 0 Å². The second-order valence-electron chi connectivity index (χ2n) is 11.4. The van der Waals surface area contributed by atoms with Gasteiger partial charge in [0.25, 0.3) is 17.6 Å². The predicted molar refractivity (Wildman–Crippen MR) is 193 cm³/mol. The fourth-order valence-corrected chi connectivity index (χ4v) is 5.09. The van der Waals surface area contributed by atoms with Gasteiger partial charge in [0.05, 0.1) is 41.7 Å². The van der Waals surface area contributed by atoms with Gasteiger partial charge in [0.1, 0.15) is 11.6 Å². The Kier molecular flexibility index (Phi) is 8.59. The van der Waals surface area contributed by atoms with Gasteiger partial charge in [-0.2, -0.15) is 50.0 Å². The molecule has 2 aromatic carbocycles. The molecule has 5 aromatic heterocycles. The molecule has 7 aromatic rings. The van der Waals surface area contributed by atoms with Gasteiger partial charge in [0.2, 0.25) is 5.95 Å². The largest absolute Gasteiger partial charge is 0.382 e. The van der Waals surface area contributed by atoms with Gasteiger partial charge < -0.3 is 16.4 Å². The topological polar surface area (TPSA) is 243 Å². The van der Waals surface area contributed by atoms with Crippen LogP contribution in [-0.4, -0.2) is 68.2 Å². The van der Waals surface area contributed by atoms with Crippen molar-refractivity contribution >= 4 is 46.3 Å². The quantitative estimate of drug-likeness (QED) is 0.136. The number of azo groups is 2. The zero-order chi connectivity index (χ0) is 37.2. The van der Waals surface area contributed by atoms with Crippen molar-refractivity contribution in [3.8, 4) is 29.3 Å². The highest BCUT2D eigenvalue weighted by Crippen LogP contribution is 2.36. The number of aromatic nitrogens is 11. The maximum Gasteiger partial charge on any atom is 0.259 e. The summed E-state index contributed by atoms with van der Waals surface area (Å²) in [5.41, 5.74) is 16.3. The van der Waals surface area contributed by atoms with Crippen LogP contribution in [0.4, 0.5) is 46.3 Å². The molecule has 0 aliphatic rings. The molecule has 20 nitrogen and oxygen atoms in total. The van der Waals surface area contributed by atoms with Crippen LogP contribution >= 0.6 is 0 Å². The first-order valence-electron chi connectivity index (χ1n) is 15.7. The minimum absolute atomic E-state index is 0.0389. The van der Waals surface area contributed by atoms with E-state index in [1.807, 2.05) is 60.7 Å². The summed E-state index contributed by atoms with van der Waals surface area (Å²) in [6.45, 7) is 11.0. The minimum Gasteiger partial charge on any atom is -0.382 e. The molecule has 0 aliphatic heterocycles. The molecule has 0 saturated heterocycles. The number of nitrogens with two attached hydrogens (primary N) is 2. The summed E-state index contributed by atoms with van der Waals surface area (Å²) in [4.78, 5) is 18.9. The first kappa shape index (κ1) is 33.4. The number of para-hydroxylation sites is 2. The number of anilines is 3. The number of rotatable bonds is 9. The van der Waals surface area contributed by atoms with E-state index in [2.05, 4.69) is 66.7 Å². The van der Waals surface area contributed by atoms with E-state index in [-0.39, 0.29) is 63.7 Å². The summed E-state index contributed by atoms with van der Waals surface area (Å²) in [6, 6.07) is 20.6. The molecule has 0 saturated carbocycles. The summed E-state index contributed by atoms with van der Waals surface area (Å²) < 4.78 is 5.61. The average Bonchev–Trinajstić information content (AvgIpc) is 3.93. The van der Waals surface area contributed by atoms with Crippen LogP contribution in [0.1, 0.15) is 17.0 Å². The van der Waals surface area contributed by atoms with E-state index < -0.39 is 0 Å². The number of nitriles is 1. The molecule has 0 amide bonds. The van der Waals surface area contributed by atoms with Gasteiger partial charge >= 0.3 is 0 Å². The Bertz CT molecular complexity index is 2430.